The second kappa shape index (κ2) is 7.60. The number of carbonyl (C=O) groups excluding carboxylic acids is 1. The van der Waals surface area contributed by atoms with Gasteiger partial charge in [0.15, 0.2) is 0 Å². The van der Waals surface area contributed by atoms with Gasteiger partial charge in [-0.3, -0.25) is 4.79 Å². The van der Waals surface area contributed by atoms with E-state index in [-0.39, 0.29) is 5.91 Å². The molecule has 4 rings (SSSR count). The Hall–Kier alpha value is -2.17. The number of rotatable bonds is 5. The normalized spacial score (nSPS) is 23.0. The van der Waals surface area contributed by atoms with Crippen molar-refractivity contribution in [1.82, 2.24) is 15.1 Å². The molecule has 1 amide bonds. The minimum Gasteiger partial charge on any atom is -0.339 e. The molecule has 2 fully saturated rings. The van der Waals surface area contributed by atoms with Crippen LogP contribution in [-0.4, -0.2) is 61.5 Å². The SMILES string of the molecule is CN1CCN(C(=O)CN[C@H]2C[C@@H]2c2ccc(-c3ccccc3)cc2)CC1. The fourth-order valence-corrected chi connectivity index (χ4v) is 3.73. The molecule has 0 spiro atoms. The second-order valence-electron chi connectivity index (χ2n) is 7.50. The van der Waals surface area contributed by atoms with E-state index in [2.05, 4.69) is 65.8 Å². The van der Waals surface area contributed by atoms with E-state index in [9.17, 15) is 4.79 Å². The molecular formula is C22H27N3O. The molecule has 2 aromatic carbocycles. The Morgan fingerprint density at radius 1 is 0.962 bits per heavy atom. The Bertz CT molecular complexity index is 736. The minimum atomic E-state index is 0.239. The van der Waals surface area contributed by atoms with Gasteiger partial charge in [0.2, 0.25) is 5.91 Å². The summed E-state index contributed by atoms with van der Waals surface area (Å²) in [5.41, 5.74) is 3.88. The third-order valence-electron chi connectivity index (χ3n) is 5.61. The minimum absolute atomic E-state index is 0.239. The quantitative estimate of drug-likeness (QED) is 0.901. The first-order chi connectivity index (χ1) is 12.7. The van der Waals surface area contributed by atoms with Crippen LogP contribution in [0.15, 0.2) is 54.6 Å². The lowest BCUT2D eigenvalue weighted by Gasteiger charge is -2.32. The molecular weight excluding hydrogens is 322 g/mol. The molecule has 1 N–H and O–H groups in total. The van der Waals surface area contributed by atoms with Gasteiger partial charge in [-0.25, -0.2) is 0 Å². The molecule has 0 aromatic heterocycles. The van der Waals surface area contributed by atoms with Crippen LogP contribution in [0.3, 0.4) is 0 Å². The Kier molecular flexibility index (Phi) is 5.05. The molecule has 1 heterocycles. The number of piperazine rings is 1. The predicted molar refractivity (Wildman–Crippen MR) is 105 cm³/mol. The molecule has 2 atom stereocenters. The van der Waals surface area contributed by atoms with Crippen LogP contribution in [0.25, 0.3) is 11.1 Å². The van der Waals surface area contributed by atoms with Gasteiger partial charge in [-0.05, 0) is 30.2 Å². The Morgan fingerprint density at radius 3 is 2.31 bits per heavy atom. The summed E-state index contributed by atoms with van der Waals surface area (Å²) < 4.78 is 0. The molecule has 1 aliphatic heterocycles. The topological polar surface area (TPSA) is 35.6 Å². The maximum Gasteiger partial charge on any atom is 0.236 e. The monoisotopic (exact) mass is 349 g/mol. The summed E-state index contributed by atoms with van der Waals surface area (Å²) in [4.78, 5) is 16.6. The average Bonchev–Trinajstić information content (AvgIpc) is 3.47. The summed E-state index contributed by atoms with van der Waals surface area (Å²) in [6.07, 6.45) is 1.13. The number of hydrogen-bond acceptors (Lipinski definition) is 3. The number of hydrogen-bond donors (Lipinski definition) is 1. The molecule has 26 heavy (non-hydrogen) atoms. The van der Waals surface area contributed by atoms with Crippen LogP contribution in [0.2, 0.25) is 0 Å². The number of nitrogens with zero attached hydrogens (tertiary/aromatic N) is 2. The summed E-state index contributed by atoms with van der Waals surface area (Å²) in [5.74, 6) is 0.781. The van der Waals surface area contributed by atoms with Crippen LogP contribution in [0.1, 0.15) is 17.9 Å². The maximum absolute atomic E-state index is 12.3. The summed E-state index contributed by atoms with van der Waals surface area (Å²) in [5, 5.41) is 3.45. The molecule has 2 aromatic rings. The molecule has 1 aliphatic carbocycles. The highest BCUT2D eigenvalue weighted by atomic mass is 16.2. The van der Waals surface area contributed by atoms with Crippen molar-refractivity contribution in [3.05, 3.63) is 60.2 Å². The Labute approximate surface area is 155 Å². The molecule has 0 unspecified atom stereocenters. The highest BCUT2D eigenvalue weighted by Crippen LogP contribution is 2.41. The van der Waals surface area contributed by atoms with E-state index in [1.54, 1.807) is 0 Å². The van der Waals surface area contributed by atoms with Crippen LogP contribution in [-0.2, 0) is 4.79 Å². The van der Waals surface area contributed by atoms with E-state index >= 15 is 0 Å². The maximum atomic E-state index is 12.3. The first kappa shape index (κ1) is 17.3. The molecule has 1 saturated carbocycles. The van der Waals surface area contributed by atoms with Crippen molar-refractivity contribution in [2.45, 2.75) is 18.4 Å². The first-order valence-electron chi connectivity index (χ1n) is 9.56. The average molecular weight is 349 g/mol. The van der Waals surface area contributed by atoms with Crippen LogP contribution in [0, 0.1) is 0 Å². The van der Waals surface area contributed by atoms with Crippen molar-refractivity contribution in [3.63, 3.8) is 0 Å². The van der Waals surface area contributed by atoms with Crippen LogP contribution < -0.4 is 5.32 Å². The number of nitrogens with one attached hydrogen (secondary N) is 1. The van der Waals surface area contributed by atoms with Gasteiger partial charge in [0.1, 0.15) is 0 Å². The molecule has 1 saturated heterocycles. The van der Waals surface area contributed by atoms with Crippen molar-refractivity contribution in [2.24, 2.45) is 0 Å². The summed E-state index contributed by atoms with van der Waals surface area (Å²) in [7, 11) is 2.11. The van der Waals surface area contributed by atoms with Gasteiger partial charge in [0.05, 0.1) is 6.54 Å². The highest BCUT2D eigenvalue weighted by molar-refractivity contribution is 5.78. The van der Waals surface area contributed by atoms with Gasteiger partial charge >= 0.3 is 0 Å². The number of amides is 1. The summed E-state index contributed by atoms with van der Waals surface area (Å²) >= 11 is 0. The zero-order valence-electron chi connectivity index (χ0n) is 15.4. The Morgan fingerprint density at radius 2 is 1.62 bits per heavy atom. The van der Waals surface area contributed by atoms with Gasteiger partial charge in [-0.15, -0.1) is 0 Å². The van der Waals surface area contributed by atoms with E-state index in [0.717, 1.165) is 32.6 Å². The van der Waals surface area contributed by atoms with Gasteiger partial charge in [0, 0.05) is 38.1 Å². The first-order valence-corrected chi connectivity index (χ1v) is 9.56. The molecule has 4 nitrogen and oxygen atoms in total. The molecule has 136 valence electrons. The van der Waals surface area contributed by atoms with Gasteiger partial charge < -0.3 is 15.1 Å². The van der Waals surface area contributed by atoms with Gasteiger partial charge in [-0.1, -0.05) is 54.6 Å². The lowest BCUT2D eigenvalue weighted by molar-refractivity contribution is -0.131. The predicted octanol–water partition coefficient (Wildman–Crippen LogP) is 2.57. The fraction of sp³-hybridized carbons (Fsp3) is 0.409. The third-order valence-corrected chi connectivity index (χ3v) is 5.61. The lowest BCUT2D eigenvalue weighted by atomic mass is 10.0. The van der Waals surface area contributed by atoms with Crippen molar-refractivity contribution < 1.29 is 4.79 Å². The second-order valence-corrected chi connectivity index (χ2v) is 7.50. The van der Waals surface area contributed by atoms with Crippen LogP contribution in [0.4, 0.5) is 0 Å². The molecule has 0 bridgehead atoms. The fourth-order valence-electron chi connectivity index (χ4n) is 3.73. The standard InChI is InChI=1S/C22H27N3O/c1-24-11-13-25(14-12-24)22(26)16-23-21-15-20(21)19-9-7-18(8-10-19)17-5-3-2-4-6-17/h2-10,20-21,23H,11-16H2,1H3/t20-,21+/m1/s1. The smallest absolute Gasteiger partial charge is 0.236 e. The van der Waals surface area contributed by atoms with E-state index in [4.69, 9.17) is 0 Å². The van der Waals surface area contributed by atoms with E-state index in [1.807, 2.05) is 11.0 Å². The van der Waals surface area contributed by atoms with Gasteiger partial charge in [-0.2, -0.15) is 0 Å². The number of likely N-dealkylation sites (N-methyl/N-ethyl adjacent to an activating group) is 1. The van der Waals surface area contributed by atoms with E-state index in [0.29, 0.717) is 18.5 Å². The van der Waals surface area contributed by atoms with E-state index in [1.165, 1.54) is 16.7 Å². The highest BCUT2D eigenvalue weighted by Gasteiger charge is 2.38. The molecule has 4 heteroatoms. The van der Waals surface area contributed by atoms with E-state index < -0.39 is 0 Å². The Balaban J connectivity index is 1.27. The summed E-state index contributed by atoms with van der Waals surface area (Å²) in [6.45, 7) is 4.13. The largest absolute Gasteiger partial charge is 0.339 e. The molecule has 2 aliphatic rings. The molecule has 0 radical (unpaired) electrons. The number of carbonyl (C=O) groups is 1. The van der Waals surface area contributed by atoms with Crippen LogP contribution in [0.5, 0.6) is 0 Å². The summed E-state index contributed by atoms with van der Waals surface area (Å²) in [6, 6.07) is 19.8. The third kappa shape index (κ3) is 3.97. The van der Waals surface area contributed by atoms with Crippen LogP contribution >= 0.6 is 0 Å². The zero-order valence-corrected chi connectivity index (χ0v) is 15.4. The number of benzene rings is 2. The van der Waals surface area contributed by atoms with Gasteiger partial charge in [0.25, 0.3) is 0 Å². The van der Waals surface area contributed by atoms with Crippen molar-refractivity contribution in [3.8, 4) is 11.1 Å². The van der Waals surface area contributed by atoms with Crippen molar-refractivity contribution in [1.29, 1.82) is 0 Å². The van der Waals surface area contributed by atoms with Crippen molar-refractivity contribution >= 4 is 5.91 Å². The zero-order chi connectivity index (χ0) is 17.9. The van der Waals surface area contributed by atoms with Crippen molar-refractivity contribution in [2.75, 3.05) is 39.8 Å². The lowest BCUT2D eigenvalue weighted by Crippen LogP contribution is -2.49.